The van der Waals surface area contributed by atoms with Gasteiger partial charge in [-0.25, -0.2) is 0 Å². The highest BCUT2D eigenvalue weighted by atomic mass is 16.5. The van der Waals surface area contributed by atoms with Gasteiger partial charge in [-0.1, -0.05) is 24.3 Å². The lowest BCUT2D eigenvalue weighted by Gasteiger charge is -2.11. The fourth-order valence-corrected chi connectivity index (χ4v) is 2.51. The smallest absolute Gasteiger partial charge is 0.257 e. The van der Waals surface area contributed by atoms with Crippen molar-refractivity contribution < 1.29 is 14.3 Å². The molecule has 0 radical (unpaired) electrons. The van der Waals surface area contributed by atoms with Crippen molar-refractivity contribution in [3.05, 3.63) is 90.3 Å². The van der Waals surface area contributed by atoms with Crippen molar-refractivity contribution in [1.82, 2.24) is 4.98 Å². The molecule has 0 atom stereocenters. The van der Waals surface area contributed by atoms with Crippen LogP contribution in [0.25, 0.3) is 6.08 Å². The Morgan fingerprint density at radius 3 is 2.64 bits per heavy atom. The second kappa shape index (κ2) is 9.14. The zero-order valence-corrected chi connectivity index (χ0v) is 15.3. The average molecular weight is 373 g/mol. The van der Waals surface area contributed by atoms with Crippen molar-refractivity contribution in [2.45, 2.75) is 0 Å². The Balaban J connectivity index is 1.72. The number of methoxy groups -OCH3 is 1. The van der Waals surface area contributed by atoms with E-state index in [1.165, 1.54) is 6.08 Å². The van der Waals surface area contributed by atoms with Crippen molar-refractivity contribution in [2.24, 2.45) is 0 Å². The summed E-state index contributed by atoms with van der Waals surface area (Å²) in [7, 11) is 1.56. The number of nitrogens with one attached hydrogen (secondary N) is 2. The van der Waals surface area contributed by atoms with Gasteiger partial charge in [-0.2, -0.15) is 0 Å². The summed E-state index contributed by atoms with van der Waals surface area (Å²) in [6, 6.07) is 17.5. The van der Waals surface area contributed by atoms with Crippen LogP contribution in [0.15, 0.2) is 79.1 Å². The van der Waals surface area contributed by atoms with Crippen LogP contribution in [0.3, 0.4) is 0 Å². The summed E-state index contributed by atoms with van der Waals surface area (Å²) >= 11 is 0. The fraction of sp³-hybridized carbons (Fsp3) is 0.0455. The number of nitrogens with zero attached hydrogens (tertiary/aromatic N) is 1. The molecule has 1 heterocycles. The maximum Gasteiger partial charge on any atom is 0.257 e. The molecule has 3 aromatic rings. The summed E-state index contributed by atoms with van der Waals surface area (Å²) in [5.41, 5.74) is 2.18. The number of rotatable bonds is 6. The van der Waals surface area contributed by atoms with Gasteiger partial charge >= 0.3 is 0 Å². The van der Waals surface area contributed by atoms with Gasteiger partial charge in [0.05, 0.1) is 18.4 Å². The first-order valence-corrected chi connectivity index (χ1v) is 8.59. The van der Waals surface area contributed by atoms with Gasteiger partial charge in [0.25, 0.3) is 5.91 Å². The molecule has 0 saturated carbocycles. The highest BCUT2D eigenvalue weighted by Gasteiger charge is 2.12. The Hall–Kier alpha value is -3.93. The monoisotopic (exact) mass is 373 g/mol. The van der Waals surface area contributed by atoms with E-state index in [1.54, 1.807) is 80.2 Å². The summed E-state index contributed by atoms with van der Waals surface area (Å²) < 4.78 is 5.16. The Labute approximate surface area is 162 Å². The standard InChI is InChI=1S/C22H19N3O3/c1-28-18-8-4-7-17(14-18)24-22(27)19-9-2-3-10-20(19)25-21(26)12-11-16-6-5-13-23-15-16/h2-15H,1H3,(H,24,27)(H,25,26). The summed E-state index contributed by atoms with van der Waals surface area (Å²) in [5, 5.41) is 5.55. The van der Waals surface area contributed by atoms with Crippen LogP contribution < -0.4 is 15.4 Å². The molecule has 0 unspecified atom stereocenters. The number of carbonyl (C=O) groups excluding carboxylic acids is 2. The van der Waals surface area contributed by atoms with Crippen LogP contribution in [0, 0.1) is 0 Å². The number of carbonyl (C=O) groups is 2. The van der Waals surface area contributed by atoms with Crippen molar-refractivity contribution in [2.75, 3.05) is 17.7 Å². The molecule has 6 nitrogen and oxygen atoms in total. The maximum absolute atomic E-state index is 12.7. The fourth-order valence-electron chi connectivity index (χ4n) is 2.51. The van der Waals surface area contributed by atoms with E-state index in [-0.39, 0.29) is 11.8 Å². The second-order valence-electron chi connectivity index (χ2n) is 5.84. The molecule has 0 aliphatic rings. The van der Waals surface area contributed by atoms with Crippen LogP contribution in [0.1, 0.15) is 15.9 Å². The zero-order chi connectivity index (χ0) is 19.8. The third kappa shape index (κ3) is 5.04. The minimum Gasteiger partial charge on any atom is -0.497 e. The van der Waals surface area contributed by atoms with Crippen LogP contribution in [0.5, 0.6) is 5.75 Å². The van der Waals surface area contributed by atoms with Gasteiger partial charge in [0.2, 0.25) is 5.91 Å². The highest BCUT2D eigenvalue weighted by molar-refractivity contribution is 6.11. The van der Waals surface area contributed by atoms with E-state index in [1.807, 2.05) is 6.07 Å². The van der Waals surface area contributed by atoms with Gasteiger partial charge in [-0.05, 0) is 42.0 Å². The third-order valence-electron chi connectivity index (χ3n) is 3.87. The normalized spacial score (nSPS) is 10.5. The number of benzene rings is 2. The van der Waals surface area contributed by atoms with Gasteiger partial charge in [0, 0.05) is 30.2 Å². The molecule has 2 aromatic carbocycles. The van der Waals surface area contributed by atoms with E-state index in [0.717, 1.165) is 5.56 Å². The van der Waals surface area contributed by atoms with E-state index in [9.17, 15) is 9.59 Å². The average Bonchev–Trinajstić information content (AvgIpc) is 2.73. The number of anilines is 2. The van der Waals surface area contributed by atoms with E-state index in [2.05, 4.69) is 15.6 Å². The Kier molecular flexibility index (Phi) is 6.15. The summed E-state index contributed by atoms with van der Waals surface area (Å²) in [5.74, 6) is -0.0363. The molecule has 0 aliphatic heterocycles. The predicted molar refractivity (Wildman–Crippen MR) is 109 cm³/mol. The predicted octanol–water partition coefficient (Wildman–Crippen LogP) is 3.99. The number of ether oxygens (including phenoxy) is 1. The maximum atomic E-state index is 12.7. The number of pyridine rings is 1. The third-order valence-corrected chi connectivity index (χ3v) is 3.87. The second-order valence-corrected chi connectivity index (χ2v) is 5.84. The molecule has 0 fully saturated rings. The largest absolute Gasteiger partial charge is 0.497 e. The highest BCUT2D eigenvalue weighted by Crippen LogP contribution is 2.20. The first-order chi connectivity index (χ1) is 13.7. The molecule has 2 N–H and O–H groups in total. The molecule has 140 valence electrons. The number of amides is 2. The van der Waals surface area contributed by atoms with Crippen LogP contribution in [-0.4, -0.2) is 23.9 Å². The number of hydrogen-bond donors (Lipinski definition) is 2. The minimum absolute atomic E-state index is 0.333. The van der Waals surface area contributed by atoms with E-state index < -0.39 is 0 Å². The SMILES string of the molecule is COc1cccc(NC(=O)c2ccccc2NC(=O)C=Cc2cccnc2)c1. The van der Waals surface area contributed by atoms with Gasteiger partial charge in [0.1, 0.15) is 5.75 Å². The molecule has 0 spiro atoms. The lowest BCUT2D eigenvalue weighted by molar-refractivity contribution is -0.111. The van der Waals surface area contributed by atoms with Crippen molar-refractivity contribution in [3.8, 4) is 5.75 Å². The Morgan fingerprint density at radius 2 is 1.86 bits per heavy atom. The Bertz CT molecular complexity index is 1000. The molecule has 28 heavy (non-hydrogen) atoms. The summed E-state index contributed by atoms with van der Waals surface area (Å²) in [6.45, 7) is 0. The van der Waals surface area contributed by atoms with Gasteiger partial charge < -0.3 is 15.4 Å². The summed E-state index contributed by atoms with van der Waals surface area (Å²) in [4.78, 5) is 28.9. The van der Waals surface area contributed by atoms with Gasteiger partial charge in [-0.3, -0.25) is 14.6 Å². The lowest BCUT2D eigenvalue weighted by atomic mass is 10.1. The van der Waals surface area contributed by atoms with E-state index >= 15 is 0 Å². The molecule has 3 rings (SSSR count). The van der Waals surface area contributed by atoms with Crippen molar-refractivity contribution in [1.29, 1.82) is 0 Å². The first-order valence-electron chi connectivity index (χ1n) is 8.59. The van der Waals surface area contributed by atoms with Gasteiger partial charge in [0.15, 0.2) is 0 Å². The molecular weight excluding hydrogens is 354 g/mol. The van der Waals surface area contributed by atoms with E-state index in [4.69, 9.17) is 4.74 Å². The number of para-hydroxylation sites is 1. The quantitative estimate of drug-likeness (QED) is 0.640. The number of aromatic nitrogens is 1. The van der Waals surface area contributed by atoms with Crippen molar-refractivity contribution in [3.63, 3.8) is 0 Å². The van der Waals surface area contributed by atoms with Crippen LogP contribution in [-0.2, 0) is 4.79 Å². The minimum atomic E-state index is -0.342. The number of hydrogen-bond acceptors (Lipinski definition) is 4. The topological polar surface area (TPSA) is 80.3 Å². The zero-order valence-electron chi connectivity index (χ0n) is 15.3. The molecule has 2 amide bonds. The van der Waals surface area contributed by atoms with Crippen molar-refractivity contribution >= 4 is 29.3 Å². The van der Waals surface area contributed by atoms with E-state index in [0.29, 0.717) is 22.7 Å². The molecular formula is C22H19N3O3. The molecule has 1 aromatic heterocycles. The molecule has 0 saturated heterocycles. The lowest BCUT2D eigenvalue weighted by Crippen LogP contribution is -2.17. The van der Waals surface area contributed by atoms with Crippen LogP contribution in [0.4, 0.5) is 11.4 Å². The molecule has 0 bridgehead atoms. The van der Waals surface area contributed by atoms with Crippen LogP contribution in [0.2, 0.25) is 0 Å². The summed E-state index contributed by atoms with van der Waals surface area (Å²) in [6.07, 6.45) is 6.36. The first kappa shape index (κ1) is 18.8. The van der Waals surface area contributed by atoms with Crippen LogP contribution >= 0.6 is 0 Å². The van der Waals surface area contributed by atoms with Gasteiger partial charge in [-0.15, -0.1) is 0 Å². The molecule has 6 heteroatoms. The molecule has 0 aliphatic carbocycles. The Morgan fingerprint density at radius 1 is 1.00 bits per heavy atom.